The maximum absolute atomic E-state index is 11.7. The van der Waals surface area contributed by atoms with Crippen molar-refractivity contribution in [3.8, 4) is 0 Å². The lowest BCUT2D eigenvalue weighted by molar-refractivity contribution is -0.121. The van der Waals surface area contributed by atoms with E-state index in [0.717, 1.165) is 4.31 Å². The number of benzene rings is 1. The number of carbonyl (C=O) groups is 1. The van der Waals surface area contributed by atoms with Gasteiger partial charge in [-0.15, -0.1) is 0 Å². The summed E-state index contributed by atoms with van der Waals surface area (Å²) in [6.45, 7) is 4.20. The summed E-state index contributed by atoms with van der Waals surface area (Å²) in [5.74, 6) is -0.0482. The fourth-order valence-corrected chi connectivity index (χ4v) is 2.65. The summed E-state index contributed by atoms with van der Waals surface area (Å²) in [7, 11) is 0. The van der Waals surface area contributed by atoms with Crippen molar-refractivity contribution in [3.63, 3.8) is 0 Å². The van der Waals surface area contributed by atoms with Crippen molar-refractivity contribution in [2.45, 2.75) is 20.4 Å². The van der Waals surface area contributed by atoms with Crippen LogP contribution >= 0.6 is 23.2 Å². The van der Waals surface area contributed by atoms with Gasteiger partial charge in [0.05, 0.1) is 6.54 Å². The highest BCUT2D eigenvalue weighted by molar-refractivity contribution is 7.76. The van der Waals surface area contributed by atoms with E-state index in [1.807, 2.05) is 13.8 Å². The van der Waals surface area contributed by atoms with Crippen molar-refractivity contribution in [1.82, 2.24) is 9.62 Å². The van der Waals surface area contributed by atoms with Crippen molar-refractivity contribution in [2.75, 3.05) is 13.1 Å². The van der Waals surface area contributed by atoms with E-state index in [-0.39, 0.29) is 19.0 Å². The maximum atomic E-state index is 11.7. The summed E-state index contributed by atoms with van der Waals surface area (Å²) in [6, 6.07) is 4.78. The predicted molar refractivity (Wildman–Crippen MR) is 83.6 cm³/mol. The van der Waals surface area contributed by atoms with Crippen molar-refractivity contribution in [2.24, 2.45) is 5.92 Å². The number of halogens is 2. The smallest absolute Gasteiger partial charge is 0.235 e. The van der Waals surface area contributed by atoms with E-state index in [2.05, 4.69) is 5.32 Å². The standard InChI is InChI=1S/C13H18Cl2N2O3S/c1-9(2)6-16-13(18)8-17(21(19)20)7-10-3-11(14)5-12(15)4-10/h3-5,9H,6-8H2,1-2H3,(H,16,18)(H,19,20)/p-1. The normalized spacial score (nSPS) is 12.7. The maximum Gasteiger partial charge on any atom is 0.235 e. The first-order valence-electron chi connectivity index (χ1n) is 6.34. The Bertz CT molecular complexity index is 506. The van der Waals surface area contributed by atoms with Crippen LogP contribution in [0.15, 0.2) is 18.2 Å². The molecule has 21 heavy (non-hydrogen) atoms. The van der Waals surface area contributed by atoms with Crippen LogP contribution in [0, 0.1) is 5.92 Å². The number of rotatable bonds is 7. The van der Waals surface area contributed by atoms with Crippen LogP contribution in [-0.4, -0.2) is 32.1 Å². The average molecular weight is 352 g/mol. The Balaban J connectivity index is 2.69. The molecule has 0 aliphatic rings. The monoisotopic (exact) mass is 351 g/mol. The lowest BCUT2D eigenvalue weighted by Gasteiger charge is -2.24. The van der Waals surface area contributed by atoms with Gasteiger partial charge in [-0.1, -0.05) is 37.0 Å². The third-order valence-electron chi connectivity index (χ3n) is 2.52. The second-order valence-corrected chi connectivity index (χ2v) is 6.81. The van der Waals surface area contributed by atoms with Gasteiger partial charge in [-0.3, -0.25) is 9.00 Å². The van der Waals surface area contributed by atoms with Gasteiger partial charge in [-0.2, -0.15) is 0 Å². The van der Waals surface area contributed by atoms with Gasteiger partial charge in [0.1, 0.15) is 0 Å². The van der Waals surface area contributed by atoms with Gasteiger partial charge in [0, 0.05) is 34.4 Å². The van der Waals surface area contributed by atoms with Crippen molar-refractivity contribution < 1.29 is 13.6 Å². The number of nitrogens with zero attached hydrogens (tertiary/aromatic N) is 1. The Kier molecular flexibility index (Phi) is 7.62. The second-order valence-electron chi connectivity index (χ2n) is 4.99. The molecule has 0 saturated carbocycles. The van der Waals surface area contributed by atoms with Crippen LogP contribution < -0.4 is 5.32 Å². The summed E-state index contributed by atoms with van der Waals surface area (Å²) < 4.78 is 23.5. The molecule has 0 heterocycles. The molecule has 0 fully saturated rings. The van der Waals surface area contributed by atoms with Crippen molar-refractivity contribution in [3.05, 3.63) is 33.8 Å². The van der Waals surface area contributed by atoms with E-state index in [0.29, 0.717) is 28.1 Å². The first kappa shape index (κ1) is 18.4. The first-order chi connectivity index (χ1) is 9.77. The minimum Gasteiger partial charge on any atom is -0.760 e. The van der Waals surface area contributed by atoms with Crippen LogP contribution in [0.25, 0.3) is 0 Å². The molecule has 0 aromatic heterocycles. The van der Waals surface area contributed by atoms with Gasteiger partial charge in [0.15, 0.2) is 0 Å². The van der Waals surface area contributed by atoms with Gasteiger partial charge in [-0.05, 0) is 29.7 Å². The molecule has 0 aliphatic heterocycles. The third kappa shape index (κ3) is 7.24. The van der Waals surface area contributed by atoms with E-state index in [1.165, 1.54) is 0 Å². The molecule has 1 N–H and O–H groups in total. The van der Waals surface area contributed by atoms with Crippen LogP contribution in [0.3, 0.4) is 0 Å². The Morgan fingerprint density at radius 1 is 1.33 bits per heavy atom. The highest BCUT2D eigenvalue weighted by Gasteiger charge is 2.13. The molecule has 1 amide bonds. The lowest BCUT2D eigenvalue weighted by Crippen LogP contribution is -2.39. The summed E-state index contributed by atoms with van der Waals surface area (Å²) in [5, 5.41) is 3.50. The first-order valence-corrected chi connectivity index (χ1v) is 8.12. The molecule has 1 unspecified atom stereocenters. The highest BCUT2D eigenvalue weighted by Crippen LogP contribution is 2.20. The third-order valence-corrected chi connectivity index (χ3v) is 3.64. The molecule has 0 saturated heterocycles. The zero-order chi connectivity index (χ0) is 16.0. The Morgan fingerprint density at radius 3 is 2.38 bits per heavy atom. The van der Waals surface area contributed by atoms with Gasteiger partial charge < -0.3 is 9.87 Å². The molecule has 1 aromatic carbocycles. The SMILES string of the molecule is CC(C)CNC(=O)CN(Cc1cc(Cl)cc(Cl)c1)S(=O)[O-]. The number of nitrogens with one attached hydrogen (secondary N) is 1. The average Bonchev–Trinajstić information content (AvgIpc) is 2.34. The van der Waals surface area contributed by atoms with E-state index >= 15 is 0 Å². The molecule has 0 radical (unpaired) electrons. The lowest BCUT2D eigenvalue weighted by atomic mass is 10.2. The summed E-state index contributed by atoms with van der Waals surface area (Å²) in [5.41, 5.74) is 0.619. The predicted octanol–water partition coefficient (Wildman–Crippen LogP) is 2.36. The van der Waals surface area contributed by atoms with E-state index in [9.17, 15) is 13.6 Å². The van der Waals surface area contributed by atoms with Crippen LogP contribution in [0.1, 0.15) is 19.4 Å². The highest BCUT2D eigenvalue weighted by atomic mass is 35.5. The van der Waals surface area contributed by atoms with Crippen molar-refractivity contribution in [1.29, 1.82) is 0 Å². The molecular weight excluding hydrogens is 335 g/mol. The molecule has 0 spiro atoms. The zero-order valence-corrected chi connectivity index (χ0v) is 14.1. The molecule has 5 nitrogen and oxygen atoms in total. The summed E-state index contributed by atoms with van der Waals surface area (Å²) in [4.78, 5) is 11.7. The Morgan fingerprint density at radius 2 is 1.90 bits per heavy atom. The largest absolute Gasteiger partial charge is 0.760 e. The number of amides is 1. The number of hydrogen-bond donors (Lipinski definition) is 1. The van der Waals surface area contributed by atoms with Crippen molar-refractivity contribution >= 4 is 40.4 Å². The quantitative estimate of drug-likeness (QED) is 0.766. The minimum atomic E-state index is -2.52. The number of carbonyl (C=O) groups excluding carboxylic acids is 1. The van der Waals surface area contributed by atoms with E-state index in [1.54, 1.807) is 18.2 Å². The molecule has 1 rings (SSSR count). The summed E-state index contributed by atoms with van der Waals surface area (Å²) in [6.07, 6.45) is 0. The van der Waals surface area contributed by atoms with Crippen LogP contribution in [0.4, 0.5) is 0 Å². The zero-order valence-electron chi connectivity index (χ0n) is 11.8. The van der Waals surface area contributed by atoms with Crippen LogP contribution in [0.2, 0.25) is 10.0 Å². The van der Waals surface area contributed by atoms with Crippen LogP contribution in [-0.2, 0) is 22.6 Å². The van der Waals surface area contributed by atoms with Crippen LogP contribution in [0.5, 0.6) is 0 Å². The molecule has 8 heteroatoms. The van der Waals surface area contributed by atoms with E-state index in [4.69, 9.17) is 23.2 Å². The fourth-order valence-electron chi connectivity index (χ4n) is 1.60. The second kappa shape index (κ2) is 8.70. The van der Waals surface area contributed by atoms with Gasteiger partial charge in [-0.25, -0.2) is 4.31 Å². The fraction of sp³-hybridized carbons (Fsp3) is 0.462. The summed E-state index contributed by atoms with van der Waals surface area (Å²) >= 11 is 9.22. The van der Waals surface area contributed by atoms with E-state index < -0.39 is 11.3 Å². The van der Waals surface area contributed by atoms with Gasteiger partial charge >= 0.3 is 0 Å². The Hall–Kier alpha value is -0.660. The number of hydrogen-bond acceptors (Lipinski definition) is 3. The van der Waals surface area contributed by atoms with Gasteiger partial charge in [0.2, 0.25) is 5.91 Å². The molecular formula is C13H17Cl2N2O3S-. The molecule has 0 bridgehead atoms. The topological polar surface area (TPSA) is 72.5 Å². The molecule has 118 valence electrons. The molecule has 1 atom stereocenters. The minimum absolute atomic E-state index is 0.0332. The van der Waals surface area contributed by atoms with Gasteiger partial charge in [0.25, 0.3) is 0 Å². The molecule has 1 aromatic rings. The Labute approximate surface area is 137 Å². The molecule has 0 aliphatic carbocycles.